The van der Waals surface area contributed by atoms with Gasteiger partial charge in [0.15, 0.2) is 10.8 Å². The third kappa shape index (κ3) is 5.57. The van der Waals surface area contributed by atoms with Gasteiger partial charge in [-0.05, 0) is 53.4 Å². The van der Waals surface area contributed by atoms with Crippen LogP contribution >= 0.6 is 11.8 Å². The molecule has 3 aromatic carbocycles. The molecule has 5 aromatic rings. The number of carbonyl (C=O) groups is 1. The van der Waals surface area contributed by atoms with E-state index >= 15 is 0 Å². The van der Waals surface area contributed by atoms with Crippen LogP contribution in [-0.4, -0.2) is 48.9 Å². The standard InChI is InChI=1S/C30H23F3N6O2S/c1-18(2)23-5-3-4-6-25(23)37-29-39(26(40)16-42-29)36-14-19-7-12-24-20(13-19)15-34-28-27(24)35-17-38(28)21-8-10-22(11-9-21)41-30(31,32)33/h3-15,17-18H,16H2,1-2H3/b36-14+,37-29-. The van der Waals surface area contributed by atoms with Crippen LogP contribution in [0.1, 0.15) is 30.9 Å². The molecule has 1 aliphatic rings. The van der Waals surface area contributed by atoms with E-state index in [9.17, 15) is 18.0 Å². The molecule has 0 N–H and O–H groups in total. The number of aliphatic imine (C=N–C) groups is 1. The Labute approximate surface area is 242 Å². The van der Waals surface area contributed by atoms with Crippen molar-refractivity contribution in [1.29, 1.82) is 0 Å². The first-order valence-corrected chi connectivity index (χ1v) is 13.9. The number of hydrogen-bond donors (Lipinski definition) is 0. The highest BCUT2D eigenvalue weighted by Crippen LogP contribution is 2.31. The summed E-state index contributed by atoms with van der Waals surface area (Å²) in [6.07, 6.45) is 0.119. The van der Waals surface area contributed by atoms with Gasteiger partial charge in [0.25, 0.3) is 5.91 Å². The Balaban J connectivity index is 1.26. The number of pyridine rings is 1. The first-order valence-electron chi connectivity index (χ1n) is 13.0. The fourth-order valence-electron chi connectivity index (χ4n) is 4.62. The summed E-state index contributed by atoms with van der Waals surface area (Å²) in [6.45, 7) is 4.20. The maximum Gasteiger partial charge on any atom is 0.573 e. The third-order valence-electron chi connectivity index (χ3n) is 6.59. The van der Waals surface area contributed by atoms with E-state index in [0.717, 1.165) is 27.6 Å². The number of alkyl halides is 3. The number of fused-ring (bicyclic) bond motifs is 3. The Morgan fingerprint density at radius 1 is 1.05 bits per heavy atom. The molecule has 6 rings (SSSR count). The van der Waals surface area contributed by atoms with Crippen molar-refractivity contribution in [2.75, 3.05) is 5.75 Å². The van der Waals surface area contributed by atoms with E-state index < -0.39 is 6.36 Å². The van der Waals surface area contributed by atoms with Crippen molar-refractivity contribution in [2.45, 2.75) is 26.1 Å². The van der Waals surface area contributed by atoms with Crippen LogP contribution in [0.15, 0.2) is 89.3 Å². The van der Waals surface area contributed by atoms with E-state index in [-0.39, 0.29) is 23.3 Å². The van der Waals surface area contributed by atoms with Gasteiger partial charge in [0, 0.05) is 22.7 Å². The summed E-state index contributed by atoms with van der Waals surface area (Å²) in [4.78, 5) is 26.4. The third-order valence-corrected chi connectivity index (χ3v) is 7.50. The van der Waals surface area contributed by atoms with Crippen molar-refractivity contribution in [2.24, 2.45) is 10.1 Å². The number of ether oxygens (including phenoxy) is 1. The van der Waals surface area contributed by atoms with Crippen LogP contribution in [0.2, 0.25) is 0 Å². The molecule has 0 unspecified atom stereocenters. The van der Waals surface area contributed by atoms with Gasteiger partial charge in [0.05, 0.1) is 17.7 Å². The van der Waals surface area contributed by atoms with Crippen LogP contribution in [0, 0.1) is 0 Å². The fraction of sp³-hybridized carbons (Fsp3) is 0.167. The summed E-state index contributed by atoms with van der Waals surface area (Å²) >= 11 is 1.35. The zero-order valence-electron chi connectivity index (χ0n) is 22.4. The van der Waals surface area contributed by atoms with Gasteiger partial charge in [-0.1, -0.05) is 55.9 Å². The van der Waals surface area contributed by atoms with E-state index in [1.807, 2.05) is 42.5 Å². The summed E-state index contributed by atoms with van der Waals surface area (Å²) in [6, 6.07) is 19.0. The number of amides is 1. The van der Waals surface area contributed by atoms with Crippen molar-refractivity contribution in [1.82, 2.24) is 19.5 Å². The van der Waals surface area contributed by atoms with Crippen LogP contribution in [0.5, 0.6) is 5.75 Å². The highest BCUT2D eigenvalue weighted by Gasteiger charge is 2.31. The van der Waals surface area contributed by atoms with Crippen molar-refractivity contribution >= 4 is 56.7 Å². The molecular formula is C30H23F3N6O2S. The molecule has 0 aliphatic carbocycles. The highest BCUT2D eigenvalue weighted by molar-refractivity contribution is 8.15. The van der Waals surface area contributed by atoms with Crippen LogP contribution in [-0.2, 0) is 4.79 Å². The molecule has 1 amide bonds. The molecule has 42 heavy (non-hydrogen) atoms. The fourth-order valence-corrected chi connectivity index (χ4v) is 5.43. The number of benzene rings is 3. The normalized spacial score (nSPS) is 15.2. The van der Waals surface area contributed by atoms with E-state index in [4.69, 9.17) is 4.99 Å². The molecule has 212 valence electrons. The Morgan fingerprint density at radius 3 is 2.60 bits per heavy atom. The van der Waals surface area contributed by atoms with E-state index in [1.165, 1.54) is 41.0 Å². The average molecular weight is 589 g/mol. The van der Waals surface area contributed by atoms with Crippen LogP contribution in [0.25, 0.3) is 27.6 Å². The lowest BCUT2D eigenvalue weighted by molar-refractivity contribution is -0.274. The zero-order valence-corrected chi connectivity index (χ0v) is 23.2. The molecule has 0 radical (unpaired) electrons. The quantitative estimate of drug-likeness (QED) is 0.196. The van der Waals surface area contributed by atoms with E-state index in [1.54, 1.807) is 23.3 Å². The molecule has 0 bridgehead atoms. The number of halogens is 3. The average Bonchev–Trinajstić information content (AvgIpc) is 3.55. The van der Waals surface area contributed by atoms with Gasteiger partial charge in [-0.3, -0.25) is 9.36 Å². The first-order chi connectivity index (χ1) is 20.2. The number of rotatable bonds is 6. The molecule has 1 saturated heterocycles. The number of thioether (sulfide) groups is 1. The molecule has 0 saturated carbocycles. The molecular weight excluding hydrogens is 565 g/mol. The lowest BCUT2D eigenvalue weighted by atomic mass is 10.0. The van der Waals surface area contributed by atoms with Crippen molar-refractivity contribution in [3.05, 3.63) is 90.4 Å². The molecule has 2 aromatic heterocycles. The van der Waals surface area contributed by atoms with Gasteiger partial charge in [-0.25, -0.2) is 15.0 Å². The molecule has 3 heterocycles. The minimum atomic E-state index is -4.76. The maximum atomic E-state index is 12.6. The van der Waals surface area contributed by atoms with Gasteiger partial charge in [-0.15, -0.1) is 13.2 Å². The lowest BCUT2D eigenvalue weighted by Gasteiger charge is -2.12. The Bertz CT molecular complexity index is 1870. The van der Waals surface area contributed by atoms with Gasteiger partial charge in [0.1, 0.15) is 17.6 Å². The summed E-state index contributed by atoms with van der Waals surface area (Å²) in [5.74, 6) is 0.0912. The van der Waals surface area contributed by atoms with Crippen molar-refractivity contribution in [3.63, 3.8) is 0 Å². The van der Waals surface area contributed by atoms with Crippen molar-refractivity contribution in [3.8, 4) is 11.4 Å². The Morgan fingerprint density at radius 2 is 1.83 bits per heavy atom. The first kappa shape index (κ1) is 27.5. The molecule has 1 fully saturated rings. The highest BCUT2D eigenvalue weighted by atomic mass is 32.2. The Kier molecular flexibility index (Phi) is 7.15. The molecule has 1 aliphatic heterocycles. The predicted molar refractivity (Wildman–Crippen MR) is 158 cm³/mol. The number of amidine groups is 1. The number of hydrogen-bond acceptors (Lipinski definition) is 7. The zero-order chi connectivity index (χ0) is 29.4. The van der Waals surface area contributed by atoms with Gasteiger partial charge >= 0.3 is 6.36 Å². The summed E-state index contributed by atoms with van der Waals surface area (Å²) < 4.78 is 43.1. The molecule has 8 nitrogen and oxygen atoms in total. The Hall–Kier alpha value is -4.71. The second-order valence-electron chi connectivity index (χ2n) is 9.78. The second kappa shape index (κ2) is 10.9. The van der Waals surface area contributed by atoms with Gasteiger partial charge < -0.3 is 4.74 Å². The number of imidazole rings is 1. The second-order valence-corrected chi connectivity index (χ2v) is 10.7. The summed E-state index contributed by atoms with van der Waals surface area (Å²) in [7, 11) is 0. The van der Waals surface area contributed by atoms with E-state index in [2.05, 4.69) is 33.7 Å². The smallest absolute Gasteiger partial charge is 0.406 e. The maximum absolute atomic E-state index is 12.6. The SMILES string of the molecule is CC(C)c1ccccc1/N=C1\SCC(=O)N1/N=C/c1ccc2c(cnc3c2ncn3-c2ccc(OC(F)(F)F)cc2)c1. The minimum Gasteiger partial charge on any atom is -0.406 e. The number of nitrogens with zero attached hydrogens (tertiary/aromatic N) is 6. The number of aromatic nitrogens is 3. The van der Waals surface area contributed by atoms with Gasteiger partial charge in [-0.2, -0.15) is 10.1 Å². The number of carbonyl (C=O) groups excluding carboxylic acids is 1. The van der Waals surface area contributed by atoms with Crippen molar-refractivity contribution < 1.29 is 22.7 Å². The monoisotopic (exact) mass is 588 g/mol. The largest absolute Gasteiger partial charge is 0.573 e. The molecule has 12 heteroatoms. The number of hydrazone groups is 1. The summed E-state index contributed by atoms with van der Waals surface area (Å²) in [5, 5.41) is 7.97. The van der Waals surface area contributed by atoms with Crippen LogP contribution in [0.3, 0.4) is 0 Å². The topological polar surface area (TPSA) is 85.0 Å². The summed E-state index contributed by atoms with van der Waals surface area (Å²) in [5.41, 5.74) is 4.44. The van der Waals surface area contributed by atoms with Crippen LogP contribution in [0.4, 0.5) is 18.9 Å². The number of para-hydroxylation sites is 1. The van der Waals surface area contributed by atoms with Crippen LogP contribution < -0.4 is 4.74 Å². The van der Waals surface area contributed by atoms with E-state index in [0.29, 0.717) is 22.0 Å². The molecule has 0 spiro atoms. The minimum absolute atomic E-state index is 0.148. The van der Waals surface area contributed by atoms with Gasteiger partial charge in [0.2, 0.25) is 0 Å². The molecule has 0 atom stereocenters. The lowest BCUT2D eigenvalue weighted by Crippen LogP contribution is -2.23. The predicted octanol–water partition coefficient (Wildman–Crippen LogP) is 7.19.